The molecule has 14 heavy (non-hydrogen) atoms. The zero-order chi connectivity index (χ0) is 9.80. The lowest BCUT2D eigenvalue weighted by atomic mass is 9.96. The van der Waals surface area contributed by atoms with E-state index in [1.54, 1.807) is 0 Å². The van der Waals surface area contributed by atoms with Crippen LogP contribution in [-0.2, 0) is 0 Å². The van der Waals surface area contributed by atoms with Crippen molar-refractivity contribution < 1.29 is 0 Å². The van der Waals surface area contributed by atoms with Crippen LogP contribution >= 0.6 is 0 Å². The fourth-order valence-electron chi connectivity index (χ4n) is 2.51. The molecule has 0 aliphatic heterocycles. The summed E-state index contributed by atoms with van der Waals surface area (Å²) in [6.45, 7) is 0.841. The highest BCUT2D eigenvalue weighted by Crippen LogP contribution is 2.39. The van der Waals surface area contributed by atoms with Crippen molar-refractivity contribution in [1.82, 2.24) is 4.98 Å². The number of hydrogen-bond acceptors (Lipinski definition) is 2. The maximum absolute atomic E-state index is 5.58. The van der Waals surface area contributed by atoms with E-state index in [0.29, 0.717) is 0 Å². The number of hydrogen-bond donors (Lipinski definition) is 1. The summed E-state index contributed by atoms with van der Waals surface area (Å²) in [7, 11) is 0. The summed E-state index contributed by atoms with van der Waals surface area (Å²) < 4.78 is 0. The lowest BCUT2D eigenvalue weighted by molar-refractivity contribution is 0.503. The minimum Gasteiger partial charge on any atom is -0.330 e. The summed E-state index contributed by atoms with van der Waals surface area (Å²) in [5, 5.41) is 0. The molecule has 2 atom stereocenters. The molecule has 0 spiro atoms. The molecule has 0 radical (unpaired) electrons. The van der Waals surface area contributed by atoms with Crippen molar-refractivity contribution in [3.63, 3.8) is 0 Å². The molecule has 76 valence electrons. The van der Waals surface area contributed by atoms with E-state index in [1.165, 1.54) is 31.2 Å². The van der Waals surface area contributed by atoms with Crippen molar-refractivity contribution in [2.24, 2.45) is 11.7 Å². The molecule has 0 amide bonds. The predicted octanol–water partition coefficient (Wildman–Crippen LogP) is 2.31. The Morgan fingerprint density at radius 2 is 2.07 bits per heavy atom. The second-order valence-corrected chi connectivity index (χ2v) is 4.23. The van der Waals surface area contributed by atoms with Gasteiger partial charge in [0.05, 0.1) is 0 Å². The lowest BCUT2D eigenvalue weighted by Crippen LogP contribution is -2.05. The third-order valence-electron chi connectivity index (χ3n) is 3.29. The van der Waals surface area contributed by atoms with Gasteiger partial charge in [-0.05, 0) is 61.8 Å². The van der Waals surface area contributed by atoms with Crippen LogP contribution in [0.1, 0.15) is 37.2 Å². The van der Waals surface area contributed by atoms with Crippen molar-refractivity contribution in [2.45, 2.75) is 31.6 Å². The normalized spacial score (nSPS) is 26.6. The first-order chi connectivity index (χ1) is 6.90. The summed E-state index contributed by atoms with van der Waals surface area (Å²) in [4.78, 5) is 4.05. The van der Waals surface area contributed by atoms with Gasteiger partial charge in [-0.3, -0.25) is 4.98 Å². The molecule has 2 N–H and O–H groups in total. The Morgan fingerprint density at radius 3 is 2.79 bits per heavy atom. The Hall–Kier alpha value is -0.890. The molecule has 0 aromatic carbocycles. The first-order valence-corrected chi connectivity index (χ1v) is 5.50. The predicted molar refractivity (Wildman–Crippen MR) is 58.0 cm³/mol. The van der Waals surface area contributed by atoms with Crippen LogP contribution in [0.25, 0.3) is 0 Å². The van der Waals surface area contributed by atoms with Crippen molar-refractivity contribution >= 4 is 0 Å². The summed E-state index contributed by atoms with van der Waals surface area (Å²) >= 11 is 0. The average Bonchev–Trinajstić information content (AvgIpc) is 2.68. The Morgan fingerprint density at radius 1 is 1.29 bits per heavy atom. The Kier molecular flexibility index (Phi) is 3.14. The minimum absolute atomic E-state index is 0.759. The maximum atomic E-state index is 5.58. The standard InChI is InChI=1S/C12H18N2/c13-6-3-10-1-2-12(9-10)11-4-7-14-8-5-11/h4-5,7-8,10,12H,1-3,6,9,13H2. The molecule has 2 heteroatoms. The molecular formula is C12H18N2. The third kappa shape index (κ3) is 2.13. The Balaban J connectivity index is 1.96. The first-order valence-electron chi connectivity index (χ1n) is 5.50. The van der Waals surface area contributed by atoms with E-state index in [1.807, 2.05) is 12.4 Å². The zero-order valence-electron chi connectivity index (χ0n) is 8.52. The molecule has 2 nitrogen and oxygen atoms in total. The van der Waals surface area contributed by atoms with Crippen LogP contribution in [0.15, 0.2) is 24.5 Å². The minimum atomic E-state index is 0.759. The van der Waals surface area contributed by atoms with E-state index < -0.39 is 0 Å². The fraction of sp³-hybridized carbons (Fsp3) is 0.583. The van der Waals surface area contributed by atoms with E-state index in [0.717, 1.165) is 18.4 Å². The van der Waals surface area contributed by atoms with Crippen molar-refractivity contribution in [3.05, 3.63) is 30.1 Å². The van der Waals surface area contributed by atoms with Gasteiger partial charge in [0.1, 0.15) is 0 Å². The summed E-state index contributed by atoms with van der Waals surface area (Å²) in [6, 6.07) is 4.30. The second kappa shape index (κ2) is 4.56. The number of aromatic nitrogens is 1. The molecule has 2 rings (SSSR count). The smallest absolute Gasteiger partial charge is 0.0270 e. The molecule has 1 aromatic heterocycles. The molecular weight excluding hydrogens is 172 g/mol. The van der Waals surface area contributed by atoms with Gasteiger partial charge in [-0.2, -0.15) is 0 Å². The monoisotopic (exact) mass is 190 g/mol. The van der Waals surface area contributed by atoms with E-state index in [9.17, 15) is 0 Å². The molecule has 1 aliphatic rings. The van der Waals surface area contributed by atoms with Crippen LogP contribution in [0.3, 0.4) is 0 Å². The molecule has 1 heterocycles. The first kappa shape index (κ1) is 9.66. The Bertz CT molecular complexity index is 271. The number of rotatable bonds is 3. The SMILES string of the molecule is NCCC1CCC(c2ccncc2)C1. The largest absolute Gasteiger partial charge is 0.330 e. The van der Waals surface area contributed by atoms with Gasteiger partial charge in [0, 0.05) is 12.4 Å². The van der Waals surface area contributed by atoms with Gasteiger partial charge in [-0.1, -0.05) is 0 Å². The fourth-order valence-corrected chi connectivity index (χ4v) is 2.51. The van der Waals surface area contributed by atoms with Crippen LogP contribution in [0, 0.1) is 5.92 Å². The molecule has 1 aliphatic carbocycles. The summed E-state index contributed by atoms with van der Waals surface area (Å²) in [5.41, 5.74) is 7.04. The summed E-state index contributed by atoms with van der Waals surface area (Å²) in [5.74, 6) is 1.62. The topological polar surface area (TPSA) is 38.9 Å². The van der Waals surface area contributed by atoms with Crippen molar-refractivity contribution in [3.8, 4) is 0 Å². The lowest BCUT2D eigenvalue weighted by Gasteiger charge is -2.10. The van der Waals surface area contributed by atoms with Crippen LogP contribution in [0.4, 0.5) is 0 Å². The average molecular weight is 190 g/mol. The van der Waals surface area contributed by atoms with Gasteiger partial charge in [0.25, 0.3) is 0 Å². The van der Waals surface area contributed by atoms with Crippen LogP contribution < -0.4 is 5.73 Å². The highest BCUT2D eigenvalue weighted by atomic mass is 14.6. The van der Waals surface area contributed by atoms with E-state index in [-0.39, 0.29) is 0 Å². The van der Waals surface area contributed by atoms with Gasteiger partial charge in [0.15, 0.2) is 0 Å². The van der Waals surface area contributed by atoms with Gasteiger partial charge < -0.3 is 5.73 Å². The van der Waals surface area contributed by atoms with Gasteiger partial charge in [-0.15, -0.1) is 0 Å². The molecule has 0 saturated heterocycles. The van der Waals surface area contributed by atoms with Crippen LogP contribution in [-0.4, -0.2) is 11.5 Å². The maximum Gasteiger partial charge on any atom is 0.0270 e. The quantitative estimate of drug-likeness (QED) is 0.794. The zero-order valence-corrected chi connectivity index (χ0v) is 8.52. The van der Waals surface area contributed by atoms with Gasteiger partial charge >= 0.3 is 0 Å². The van der Waals surface area contributed by atoms with Crippen molar-refractivity contribution in [2.75, 3.05) is 6.54 Å². The molecule has 0 bridgehead atoms. The molecule has 1 fully saturated rings. The van der Waals surface area contributed by atoms with Crippen LogP contribution in [0.2, 0.25) is 0 Å². The van der Waals surface area contributed by atoms with E-state index >= 15 is 0 Å². The molecule has 1 saturated carbocycles. The second-order valence-electron chi connectivity index (χ2n) is 4.23. The highest BCUT2D eigenvalue weighted by molar-refractivity contribution is 5.17. The van der Waals surface area contributed by atoms with E-state index in [4.69, 9.17) is 5.73 Å². The van der Waals surface area contributed by atoms with Crippen LogP contribution in [0.5, 0.6) is 0 Å². The van der Waals surface area contributed by atoms with Gasteiger partial charge in [-0.25, -0.2) is 0 Å². The number of pyridine rings is 1. The van der Waals surface area contributed by atoms with Gasteiger partial charge in [0.2, 0.25) is 0 Å². The number of nitrogens with zero attached hydrogens (tertiary/aromatic N) is 1. The third-order valence-corrected chi connectivity index (χ3v) is 3.29. The molecule has 1 aromatic rings. The Labute approximate surface area is 85.5 Å². The van der Waals surface area contributed by atoms with Crippen molar-refractivity contribution in [1.29, 1.82) is 0 Å². The summed E-state index contributed by atoms with van der Waals surface area (Å²) in [6.07, 6.45) is 8.98. The molecule has 2 unspecified atom stereocenters. The van der Waals surface area contributed by atoms with E-state index in [2.05, 4.69) is 17.1 Å². The number of nitrogens with two attached hydrogens (primary N) is 1. The highest BCUT2D eigenvalue weighted by Gasteiger charge is 2.24.